The van der Waals surface area contributed by atoms with Crippen molar-refractivity contribution < 1.29 is 4.92 Å². The van der Waals surface area contributed by atoms with Crippen molar-refractivity contribution in [2.45, 2.75) is 25.7 Å². The van der Waals surface area contributed by atoms with E-state index in [-0.39, 0.29) is 10.6 Å². The van der Waals surface area contributed by atoms with Crippen molar-refractivity contribution in [3.63, 3.8) is 0 Å². The number of rotatable bonds is 3. The Morgan fingerprint density at radius 2 is 2.40 bits per heavy atom. The predicted octanol–water partition coefficient (Wildman–Crippen LogP) is 2.90. The molecule has 1 aliphatic rings. The van der Waals surface area contributed by atoms with E-state index in [0.717, 1.165) is 30.6 Å². The van der Waals surface area contributed by atoms with Gasteiger partial charge in [0.2, 0.25) is 0 Å². The third kappa shape index (κ3) is 1.67. The molecule has 1 atom stereocenters. The van der Waals surface area contributed by atoms with Gasteiger partial charge in [0.15, 0.2) is 0 Å². The quantitative estimate of drug-likeness (QED) is 0.611. The summed E-state index contributed by atoms with van der Waals surface area (Å²) in [7, 11) is 0. The first-order chi connectivity index (χ1) is 7.24. The molecule has 0 spiro atoms. The molecular weight excluding hydrogens is 192 g/mol. The van der Waals surface area contributed by atoms with Gasteiger partial charge < -0.3 is 5.32 Å². The summed E-state index contributed by atoms with van der Waals surface area (Å²) in [6, 6.07) is 5.31. The van der Waals surface area contributed by atoms with Gasteiger partial charge in [-0.05, 0) is 12.0 Å². The van der Waals surface area contributed by atoms with Gasteiger partial charge in [-0.15, -0.1) is 0 Å². The molecule has 0 radical (unpaired) electrons. The average molecular weight is 206 g/mol. The number of nitro groups is 1. The number of benzene rings is 1. The Labute approximate surface area is 88.5 Å². The van der Waals surface area contributed by atoms with Crippen LogP contribution in [0, 0.1) is 10.1 Å². The van der Waals surface area contributed by atoms with E-state index < -0.39 is 0 Å². The summed E-state index contributed by atoms with van der Waals surface area (Å²) in [5, 5.41) is 13.9. The molecule has 0 aliphatic carbocycles. The van der Waals surface area contributed by atoms with E-state index in [4.69, 9.17) is 0 Å². The minimum atomic E-state index is -0.319. The zero-order valence-corrected chi connectivity index (χ0v) is 8.69. The molecule has 0 amide bonds. The van der Waals surface area contributed by atoms with E-state index in [9.17, 15) is 10.1 Å². The summed E-state index contributed by atoms with van der Waals surface area (Å²) in [6.07, 6.45) is 2.19. The highest BCUT2D eigenvalue weighted by atomic mass is 16.6. The molecule has 15 heavy (non-hydrogen) atoms. The summed E-state index contributed by atoms with van der Waals surface area (Å²) in [5.74, 6) is 0.435. The molecule has 1 heterocycles. The van der Waals surface area contributed by atoms with Crippen LogP contribution in [0.25, 0.3) is 0 Å². The van der Waals surface area contributed by atoms with E-state index in [1.165, 1.54) is 0 Å². The third-order valence-electron chi connectivity index (χ3n) is 2.87. The first-order valence-corrected chi connectivity index (χ1v) is 5.25. The number of hydrogen-bond acceptors (Lipinski definition) is 3. The Kier molecular flexibility index (Phi) is 2.58. The number of fused-ring (bicyclic) bond motifs is 1. The van der Waals surface area contributed by atoms with E-state index >= 15 is 0 Å². The van der Waals surface area contributed by atoms with Crippen LogP contribution in [-0.4, -0.2) is 11.5 Å². The monoisotopic (exact) mass is 206 g/mol. The fraction of sp³-hybridized carbons (Fsp3) is 0.455. The highest BCUT2D eigenvalue weighted by molar-refractivity contribution is 5.70. The van der Waals surface area contributed by atoms with Crippen LogP contribution in [0.2, 0.25) is 0 Å². The van der Waals surface area contributed by atoms with E-state index in [2.05, 4.69) is 12.2 Å². The van der Waals surface area contributed by atoms with Gasteiger partial charge in [0.05, 0.1) is 4.92 Å². The van der Waals surface area contributed by atoms with Crippen molar-refractivity contribution in [3.8, 4) is 0 Å². The molecule has 1 N–H and O–H groups in total. The van der Waals surface area contributed by atoms with Crippen molar-refractivity contribution in [1.29, 1.82) is 0 Å². The Morgan fingerprint density at radius 3 is 3.07 bits per heavy atom. The number of nitro benzene ring substituents is 1. The van der Waals surface area contributed by atoms with Gasteiger partial charge in [-0.3, -0.25) is 10.1 Å². The first-order valence-electron chi connectivity index (χ1n) is 5.25. The highest BCUT2D eigenvalue weighted by Crippen LogP contribution is 2.39. The summed E-state index contributed by atoms with van der Waals surface area (Å²) >= 11 is 0. The van der Waals surface area contributed by atoms with Crippen LogP contribution in [0.15, 0.2) is 18.2 Å². The van der Waals surface area contributed by atoms with E-state index in [1.807, 2.05) is 6.07 Å². The summed E-state index contributed by atoms with van der Waals surface area (Å²) in [4.78, 5) is 10.5. The first kappa shape index (κ1) is 9.96. The van der Waals surface area contributed by atoms with Gasteiger partial charge in [-0.2, -0.15) is 0 Å². The summed E-state index contributed by atoms with van der Waals surface area (Å²) < 4.78 is 0. The Morgan fingerprint density at radius 1 is 1.60 bits per heavy atom. The number of nitrogens with zero attached hydrogens (tertiary/aromatic N) is 1. The maximum atomic E-state index is 10.8. The summed E-state index contributed by atoms with van der Waals surface area (Å²) in [5.41, 5.74) is 2.03. The van der Waals surface area contributed by atoms with Crippen LogP contribution in [0.5, 0.6) is 0 Å². The zero-order chi connectivity index (χ0) is 10.8. The van der Waals surface area contributed by atoms with E-state index in [1.54, 1.807) is 12.1 Å². The van der Waals surface area contributed by atoms with Gasteiger partial charge in [-0.25, -0.2) is 0 Å². The van der Waals surface area contributed by atoms with Gasteiger partial charge in [0.1, 0.15) is 5.69 Å². The van der Waals surface area contributed by atoms with Gasteiger partial charge in [0.25, 0.3) is 5.69 Å². The van der Waals surface area contributed by atoms with Gasteiger partial charge in [-0.1, -0.05) is 25.5 Å². The summed E-state index contributed by atoms with van der Waals surface area (Å²) in [6.45, 7) is 2.96. The normalized spacial score (nSPS) is 18.3. The molecule has 1 aromatic carbocycles. The van der Waals surface area contributed by atoms with Crippen molar-refractivity contribution in [3.05, 3.63) is 33.9 Å². The Hall–Kier alpha value is -1.58. The fourth-order valence-corrected chi connectivity index (χ4v) is 2.18. The van der Waals surface area contributed by atoms with Crippen LogP contribution < -0.4 is 5.32 Å². The second-order valence-corrected chi connectivity index (χ2v) is 3.86. The molecule has 0 fully saturated rings. The number of nitrogens with one attached hydrogen (secondary N) is 1. The van der Waals surface area contributed by atoms with Crippen LogP contribution in [-0.2, 0) is 0 Å². The zero-order valence-electron chi connectivity index (χ0n) is 8.69. The smallest absolute Gasteiger partial charge is 0.292 e. The molecule has 0 saturated carbocycles. The molecule has 0 aromatic heterocycles. The largest absolute Gasteiger partial charge is 0.379 e. The lowest BCUT2D eigenvalue weighted by Crippen LogP contribution is -2.01. The van der Waals surface area contributed by atoms with Crippen molar-refractivity contribution in [2.75, 3.05) is 11.9 Å². The molecule has 0 unspecified atom stereocenters. The van der Waals surface area contributed by atoms with Crippen LogP contribution in [0.1, 0.15) is 31.2 Å². The molecule has 1 aliphatic heterocycles. The molecule has 0 saturated heterocycles. The lowest BCUT2D eigenvalue weighted by Gasteiger charge is -2.07. The highest BCUT2D eigenvalue weighted by Gasteiger charge is 2.27. The van der Waals surface area contributed by atoms with Crippen molar-refractivity contribution in [2.24, 2.45) is 0 Å². The maximum absolute atomic E-state index is 10.8. The Bertz CT molecular complexity index is 390. The lowest BCUT2D eigenvalue weighted by atomic mass is 9.96. The number of anilines is 1. The predicted molar refractivity (Wildman–Crippen MR) is 59.2 cm³/mol. The van der Waals surface area contributed by atoms with E-state index in [0.29, 0.717) is 5.92 Å². The van der Waals surface area contributed by atoms with Gasteiger partial charge in [0, 0.05) is 18.5 Å². The standard InChI is InChI=1S/C11H14N2O2/c1-2-4-8-7-12-11-9(8)5-3-6-10(11)13(14)15/h3,5-6,8,12H,2,4,7H2,1H3/t8-/m0/s1. The van der Waals surface area contributed by atoms with Crippen LogP contribution >= 0.6 is 0 Å². The van der Waals surface area contributed by atoms with Crippen molar-refractivity contribution in [1.82, 2.24) is 0 Å². The third-order valence-corrected chi connectivity index (χ3v) is 2.87. The average Bonchev–Trinajstić information content (AvgIpc) is 2.62. The van der Waals surface area contributed by atoms with Crippen molar-refractivity contribution >= 4 is 11.4 Å². The lowest BCUT2D eigenvalue weighted by molar-refractivity contribution is -0.383. The Balaban J connectivity index is 2.39. The van der Waals surface area contributed by atoms with Crippen LogP contribution in [0.4, 0.5) is 11.4 Å². The number of hydrogen-bond donors (Lipinski definition) is 1. The second kappa shape index (κ2) is 3.88. The maximum Gasteiger partial charge on any atom is 0.292 e. The minimum absolute atomic E-state index is 0.200. The SMILES string of the molecule is CCC[C@H]1CNc2c1cccc2[N+](=O)[O-]. The molecule has 2 rings (SSSR count). The number of para-hydroxylation sites is 1. The molecule has 4 heteroatoms. The fourth-order valence-electron chi connectivity index (χ4n) is 2.18. The molecular formula is C11H14N2O2. The minimum Gasteiger partial charge on any atom is -0.379 e. The van der Waals surface area contributed by atoms with Gasteiger partial charge >= 0.3 is 0 Å². The molecule has 80 valence electrons. The topological polar surface area (TPSA) is 55.2 Å². The molecule has 0 bridgehead atoms. The molecule has 1 aromatic rings. The van der Waals surface area contributed by atoms with Crippen LogP contribution in [0.3, 0.4) is 0 Å². The molecule has 4 nitrogen and oxygen atoms in total. The second-order valence-electron chi connectivity index (χ2n) is 3.86.